The van der Waals surface area contributed by atoms with Crippen molar-refractivity contribution in [3.05, 3.63) is 104 Å². The number of hydrogen-bond donors (Lipinski definition) is 0. The first kappa shape index (κ1) is 21.6. The Hall–Kier alpha value is -2.24. The maximum Gasteiger partial charge on any atom is 0.160 e. The fourth-order valence-corrected chi connectivity index (χ4v) is 4.51. The fourth-order valence-electron chi connectivity index (χ4n) is 4.00. The largest absolute Gasteiger partial charge is 0.376 e. The van der Waals surface area contributed by atoms with E-state index in [-0.39, 0.29) is 5.92 Å². The summed E-state index contributed by atoms with van der Waals surface area (Å²) in [6.45, 7) is 1.11. The van der Waals surface area contributed by atoms with Crippen LogP contribution in [0.25, 0.3) is 22.6 Å². The maximum absolute atomic E-state index is 6.14. The van der Waals surface area contributed by atoms with Gasteiger partial charge in [0, 0.05) is 37.1 Å². The molecule has 0 fully saturated rings. The molecule has 0 saturated carbocycles. The van der Waals surface area contributed by atoms with Gasteiger partial charge >= 0.3 is 0 Å². The van der Waals surface area contributed by atoms with E-state index in [0.29, 0.717) is 24.1 Å². The van der Waals surface area contributed by atoms with Gasteiger partial charge < -0.3 is 4.74 Å². The molecule has 6 heteroatoms. The van der Waals surface area contributed by atoms with Gasteiger partial charge in [-0.05, 0) is 48.4 Å². The number of halogens is 3. The lowest BCUT2D eigenvalue weighted by Gasteiger charge is -2.27. The van der Waals surface area contributed by atoms with Crippen molar-refractivity contribution in [2.75, 3.05) is 6.61 Å². The van der Waals surface area contributed by atoms with Crippen molar-refractivity contribution in [2.45, 2.75) is 18.9 Å². The van der Waals surface area contributed by atoms with Gasteiger partial charge in [0.15, 0.2) is 5.82 Å². The van der Waals surface area contributed by atoms with Gasteiger partial charge in [-0.25, -0.2) is 9.97 Å². The average molecular weight is 526 g/mol. The summed E-state index contributed by atoms with van der Waals surface area (Å²) < 4.78 is 7.03. The predicted molar refractivity (Wildman–Crippen MR) is 133 cm³/mol. The topological polar surface area (TPSA) is 35.0 Å². The van der Waals surface area contributed by atoms with Crippen LogP contribution in [-0.2, 0) is 17.8 Å². The highest BCUT2D eigenvalue weighted by Crippen LogP contribution is 2.36. The van der Waals surface area contributed by atoms with Crippen molar-refractivity contribution in [1.82, 2.24) is 9.97 Å². The van der Waals surface area contributed by atoms with Crippen molar-refractivity contribution in [2.24, 2.45) is 0 Å². The second kappa shape index (κ2) is 9.32. The van der Waals surface area contributed by atoms with Gasteiger partial charge in [0.25, 0.3) is 0 Å². The molecule has 0 saturated heterocycles. The number of benzene rings is 3. The Morgan fingerprint density at radius 1 is 0.812 bits per heavy atom. The molecule has 0 N–H and O–H groups in total. The summed E-state index contributed by atoms with van der Waals surface area (Å²) in [5.74, 6) is 0.840. The van der Waals surface area contributed by atoms with Crippen LogP contribution >= 0.6 is 39.1 Å². The molecule has 1 aliphatic heterocycles. The van der Waals surface area contributed by atoms with E-state index >= 15 is 0 Å². The molecule has 4 aromatic rings. The second-order valence-electron chi connectivity index (χ2n) is 7.82. The standard InChI is InChI=1S/C26H19BrCl2N2O/c27-20-7-3-18(4-8-20)26-30-24(17-5-11-22(29)12-6-17)23-15-32-14-19(25(23)31-26)13-16-1-9-21(28)10-2-16/h1-12,19H,13-15H2. The van der Waals surface area contributed by atoms with E-state index in [1.807, 2.05) is 60.7 Å². The van der Waals surface area contributed by atoms with Crippen LogP contribution in [0, 0.1) is 0 Å². The highest BCUT2D eigenvalue weighted by atomic mass is 79.9. The summed E-state index contributed by atoms with van der Waals surface area (Å²) in [5, 5.41) is 1.43. The third-order valence-corrected chi connectivity index (χ3v) is 6.64. The minimum atomic E-state index is 0.128. The Kier molecular flexibility index (Phi) is 6.29. The molecule has 1 unspecified atom stereocenters. The first-order valence-corrected chi connectivity index (χ1v) is 11.9. The average Bonchev–Trinajstić information content (AvgIpc) is 2.81. The molecule has 3 nitrogen and oxygen atoms in total. The van der Waals surface area contributed by atoms with Crippen molar-refractivity contribution >= 4 is 39.1 Å². The Morgan fingerprint density at radius 2 is 1.44 bits per heavy atom. The van der Waals surface area contributed by atoms with Crippen LogP contribution < -0.4 is 0 Å². The normalized spacial score (nSPS) is 15.4. The third kappa shape index (κ3) is 4.60. The van der Waals surface area contributed by atoms with Gasteiger partial charge in [-0.3, -0.25) is 0 Å². The zero-order valence-corrected chi connectivity index (χ0v) is 20.2. The van der Waals surface area contributed by atoms with Crippen LogP contribution in [0.1, 0.15) is 22.7 Å². The summed E-state index contributed by atoms with van der Waals surface area (Å²) in [7, 11) is 0. The molecule has 3 aromatic carbocycles. The smallest absolute Gasteiger partial charge is 0.160 e. The zero-order chi connectivity index (χ0) is 22.1. The molecular formula is C26H19BrCl2N2O. The fraction of sp³-hybridized carbons (Fsp3) is 0.154. The van der Waals surface area contributed by atoms with Crippen LogP contribution in [0.15, 0.2) is 77.3 Å². The molecule has 0 amide bonds. The second-order valence-corrected chi connectivity index (χ2v) is 9.60. The van der Waals surface area contributed by atoms with Gasteiger partial charge in [-0.15, -0.1) is 0 Å². The molecule has 1 atom stereocenters. The van der Waals surface area contributed by atoms with Gasteiger partial charge in [0.05, 0.1) is 24.6 Å². The van der Waals surface area contributed by atoms with E-state index in [4.69, 9.17) is 37.9 Å². The van der Waals surface area contributed by atoms with Crippen molar-refractivity contribution in [1.29, 1.82) is 0 Å². The molecule has 0 spiro atoms. The van der Waals surface area contributed by atoms with E-state index in [1.54, 1.807) is 0 Å². The van der Waals surface area contributed by atoms with Crippen LogP contribution in [-0.4, -0.2) is 16.6 Å². The van der Waals surface area contributed by atoms with Crippen molar-refractivity contribution in [3.63, 3.8) is 0 Å². The lowest BCUT2D eigenvalue weighted by atomic mass is 9.90. The lowest BCUT2D eigenvalue weighted by molar-refractivity contribution is 0.0891. The van der Waals surface area contributed by atoms with Gasteiger partial charge in [0.2, 0.25) is 0 Å². The first-order chi connectivity index (χ1) is 15.6. The lowest BCUT2D eigenvalue weighted by Crippen LogP contribution is -2.22. The summed E-state index contributed by atoms with van der Waals surface area (Å²) >= 11 is 15.7. The number of ether oxygens (including phenoxy) is 1. The van der Waals surface area contributed by atoms with E-state index in [2.05, 4.69) is 28.1 Å². The number of rotatable bonds is 4. The van der Waals surface area contributed by atoms with Gasteiger partial charge in [-0.1, -0.05) is 75.5 Å². The maximum atomic E-state index is 6.14. The highest BCUT2D eigenvalue weighted by Gasteiger charge is 2.27. The quantitative estimate of drug-likeness (QED) is 0.273. The molecular weight excluding hydrogens is 507 g/mol. The number of aromatic nitrogens is 2. The minimum Gasteiger partial charge on any atom is -0.376 e. The summed E-state index contributed by atoms with van der Waals surface area (Å²) in [5.41, 5.74) is 6.16. The van der Waals surface area contributed by atoms with Crippen LogP contribution in [0.2, 0.25) is 10.0 Å². The summed E-state index contributed by atoms with van der Waals surface area (Å²) in [6, 6.07) is 23.8. The van der Waals surface area contributed by atoms with Crippen LogP contribution in [0.4, 0.5) is 0 Å². The molecule has 1 aliphatic rings. The Morgan fingerprint density at radius 3 is 2.12 bits per heavy atom. The number of fused-ring (bicyclic) bond motifs is 1. The Bertz CT molecular complexity index is 1240. The third-order valence-electron chi connectivity index (χ3n) is 5.61. The van der Waals surface area contributed by atoms with E-state index in [0.717, 1.165) is 44.0 Å². The van der Waals surface area contributed by atoms with Gasteiger partial charge in [0.1, 0.15) is 0 Å². The molecule has 2 heterocycles. The van der Waals surface area contributed by atoms with Gasteiger partial charge in [-0.2, -0.15) is 0 Å². The molecule has 1 aromatic heterocycles. The first-order valence-electron chi connectivity index (χ1n) is 10.3. The Labute approximate surface area is 205 Å². The molecule has 0 aliphatic carbocycles. The van der Waals surface area contributed by atoms with E-state index in [9.17, 15) is 0 Å². The molecule has 0 radical (unpaired) electrons. The molecule has 160 valence electrons. The molecule has 0 bridgehead atoms. The monoisotopic (exact) mass is 524 g/mol. The van der Waals surface area contributed by atoms with Crippen LogP contribution in [0.3, 0.4) is 0 Å². The number of nitrogens with zero attached hydrogens (tertiary/aromatic N) is 2. The Balaban J connectivity index is 1.64. The predicted octanol–water partition coefficient (Wildman–Crippen LogP) is 7.74. The zero-order valence-electron chi connectivity index (χ0n) is 17.1. The van der Waals surface area contributed by atoms with E-state index < -0.39 is 0 Å². The van der Waals surface area contributed by atoms with Crippen LogP contribution in [0.5, 0.6) is 0 Å². The van der Waals surface area contributed by atoms with E-state index in [1.165, 1.54) is 5.56 Å². The minimum absolute atomic E-state index is 0.128. The van der Waals surface area contributed by atoms with Crippen molar-refractivity contribution in [3.8, 4) is 22.6 Å². The molecule has 32 heavy (non-hydrogen) atoms. The summed E-state index contributed by atoms with van der Waals surface area (Å²) in [4.78, 5) is 10.0. The number of hydrogen-bond acceptors (Lipinski definition) is 3. The van der Waals surface area contributed by atoms with Crippen molar-refractivity contribution < 1.29 is 4.74 Å². The highest BCUT2D eigenvalue weighted by molar-refractivity contribution is 9.10. The summed E-state index contributed by atoms with van der Waals surface area (Å²) in [6.07, 6.45) is 0.820. The SMILES string of the molecule is Clc1ccc(CC2COCc3c(-c4ccc(Cl)cc4)nc(-c4ccc(Br)cc4)nc32)cc1. The molecule has 5 rings (SSSR count).